The largest absolute Gasteiger partial charge is 0.507 e. The second kappa shape index (κ2) is 10.2. The molecule has 3 aliphatic rings. The van der Waals surface area contributed by atoms with Gasteiger partial charge in [-0.2, -0.15) is 0 Å². The third-order valence-electron chi connectivity index (χ3n) is 8.17. The van der Waals surface area contributed by atoms with Gasteiger partial charge in [-0.15, -0.1) is 0 Å². The number of ketones is 3. The van der Waals surface area contributed by atoms with E-state index in [9.17, 15) is 34.8 Å². The van der Waals surface area contributed by atoms with Crippen molar-refractivity contribution in [2.24, 2.45) is 5.73 Å². The van der Waals surface area contributed by atoms with Crippen molar-refractivity contribution in [3.63, 3.8) is 0 Å². The Kier molecular flexibility index (Phi) is 7.19. The Bertz CT molecular complexity index is 1390. The SMILES string of the molecule is COc1cccc2c1C(=O)c1c(O)c3c(c(O)c1C2=O)C[C@@](OC)(C(=O)CO)C[C@@H]3O[C@H]1C[C@H](N)[C@H](O)[C@H](C)O1. The fourth-order valence-electron chi connectivity index (χ4n) is 6.00. The van der Waals surface area contributed by atoms with Crippen LogP contribution in [0.5, 0.6) is 17.2 Å². The van der Waals surface area contributed by atoms with E-state index in [1.165, 1.54) is 32.4 Å². The zero-order valence-corrected chi connectivity index (χ0v) is 22.2. The number of fused-ring (bicyclic) bond motifs is 3. The van der Waals surface area contributed by atoms with Crippen molar-refractivity contribution in [2.45, 2.75) is 62.4 Å². The van der Waals surface area contributed by atoms with Crippen LogP contribution in [0.3, 0.4) is 0 Å². The summed E-state index contributed by atoms with van der Waals surface area (Å²) >= 11 is 0. The molecule has 0 unspecified atom stereocenters. The number of methoxy groups -OCH3 is 2. The van der Waals surface area contributed by atoms with Crippen molar-refractivity contribution in [3.8, 4) is 17.2 Å². The molecule has 12 nitrogen and oxygen atoms in total. The van der Waals surface area contributed by atoms with Crippen LogP contribution in [0, 0.1) is 0 Å². The van der Waals surface area contributed by atoms with E-state index < -0.39 is 82.8 Å². The molecule has 0 saturated carbocycles. The Morgan fingerprint density at radius 1 is 1.12 bits per heavy atom. The molecule has 1 heterocycles. The Balaban J connectivity index is 1.70. The lowest BCUT2D eigenvalue weighted by Gasteiger charge is -2.43. The van der Waals surface area contributed by atoms with Gasteiger partial charge in [0.15, 0.2) is 17.9 Å². The number of ether oxygens (including phenoxy) is 4. The van der Waals surface area contributed by atoms with Crippen molar-refractivity contribution >= 4 is 17.3 Å². The number of benzene rings is 2. The van der Waals surface area contributed by atoms with Gasteiger partial charge < -0.3 is 45.1 Å². The van der Waals surface area contributed by atoms with Gasteiger partial charge in [0.1, 0.15) is 29.5 Å². The summed E-state index contributed by atoms with van der Waals surface area (Å²) in [7, 11) is 2.60. The van der Waals surface area contributed by atoms with Crippen LogP contribution in [0.2, 0.25) is 0 Å². The summed E-state index contributed by atoms with van der Waals surface area (Å²) in [4.78, 5) is 40.3. The minimum absolute atomic E-state index is 0.0170. The minimum atomic E-state index is -1.70. The van der Waals surface area contributed by atoms with Crippen molar-refractivity contribution in [1.82, 2.24) is 0 Å². The zero-order chi connectivity index (χ0) is 29.1. The molecule has 40 heavy (non-hydrogen) atoms. The van der Waals surface area contributed by atoms with Crippen LogP contribution in [0.4, 0.5) is 0 Å². The Morgan fingerprint density at radius 2 is 1.82 bits per heavy atom. The molecule has 0 radical (unpaired) electrons. The Labute approximate surface area is 229 Å². The number of Topliss-reactive ketones (excluding diaryl/α,β-unsaturated/α-hetero) is 1. The highest BCUT2D eigenvalue weighted by molar-refractivity contribution is 6.31. The molecule has 2 aliphatic carbocycles. The predicted octanol–water partition coefficient (Wildman–Crippen LogP) is 0.655. The second-order valence-electron chi connectivity index (χ2n) is 10.3. The number of aliphatic hydroxyl groups is 2. The molecule has 0 bridgehead atoms. The van der Waals surface area contributed by atoms with Crippen LogP contribution in [-0.2, 0) is 25.4 Å². The van der Waals surface area contributed by atoms with E-state index in [-0.39, 0.29) is 47.3 Å². The molecule has 0 amide bonds. The summed E-state index contributed by atoms with van der Waals surface area (Å²) in [5, 5.41) is 43.0. The minimum Gasteiger partial charge on any atom is -0.507 e. The van der Waals surface area contributed by atoms with Crippen LogP contribution in [-0.4, -0.2) is 88.7 Å². The zero-order valence-electron chi connectivity index (χ0n) is 22.2. The van der Waals surface area contributed by atoms with Gasteiger partial charge in [-0.25, -0.2) is 0 Å². The Morgan fingerprint density at radius 3 is 2.45 bits per heavy atom. The van der Waals surface area contributed by atoms with Gasteiger partial charge in [-0.05, 0) is 13.0 Å². The van der Waals surface area contributed by atoms with Crippen molar-refractivity contribution in [1.29, 1.82) is 0 Å². The number of aromatic hydroxyl groups is 2. The summed E-state index contributed by atoms with van der Waals surface area (Å²) in [6.07, 6.45) is -4.35. The smallest absolute Gasteiger partial charge is 0.202 e. The number of phenolic OH excluding ortho intramolecular Hbond substituents is 2. The van der Waals surface area contributed by atoms with E-state index in [4.69, 9.17) is 24.7 Å². The average Bonchev–Trinajstić information content (AvgIpc) is 2.94. The topological polar surface area (TPSA) is 195 Å². The van der Waals surface area contributed by atoms with E-state index in [1.54, 1.807) is 6.92 Å². The number of rotatable bonds is 6. The number of hydrogen-bond acceptors (Lipinski definition) is 12. The van der Waals surface area contributed by atoms with Gasteiger partial charge in [0.05, 0.1) is 42.1 Å². The normalized spacial score (nSPS) is 29.4. The van der Waals surface area contributed by atoms with E-state index in [0.29, 0.717) is 0 Å². The van der Waals surface area contributed by atoms with Crippen LogP contribution in [0.25, 0.3) is 0 Å². The molecule has 2 aromatic rings. The number of nitrogens with two attached hydrogens (primary N) is 1. The third-order valence-corrected chi connectivity index (χ3v) is 8.17. The first kappa shape index (κ1) is 28.1. The van der Waals surface area contributed by atoms with Gasteiger partial charge in [-0.3, -0.25) is 14.4 Å². The van der Waals surface area contributed by atoms with E-state index in [1.807, 2.05) is 0 Å². The maximum Gasteiger partial charge on any atom is 0.202 e. The lowest BCUT2D eigenvalue weighted by atomic mass is 9.71. The number of aliphatic hydroxyl groups excluding tert-OH is 2. The fourth-order valence-corrected chi connectivity index (χ4v) is 6.00. The molecule has 5 rings (SSSR count). The van der Waals surface area contributed by atoms with Gasteiger partial charge in [-0.1, -0.05) is 12.1 Å². The Hall–Kier alpha value is -3.39. The molecule has 1 fully saturated rings. The monoisotopic (exact) mass is 557 g/mol. The number of phenols is 2. The number of carbonyl (C=O) groups excluding carboxylic acids is 3. The molecule has 1 aliphatic heterocycles. The maximum absolute atomic E-state index is 13.7. The second-order valence-corrected chi connectivity index (χ2v) is 10.3. The quantitative estimate of drug-likeness (QED) is 0.266. The van der Waals surface area contributed by atoms with E-state index >= 15 is 0 Å². The highest BCUT2D eigenvalue weighted by Gasteiger charge is 2.51. The summed E-state index contributed by atoms with van der Waals surface area (Å²) in [6, 6.07) is 3.74. The van der Waals surface area contributed by atoms with Gasteiger partial charge in [0, 0.05) is 49.1 Å². The van der Waals surface area contributed by atoms with E-state index in [0.717, 1.165) is 0 Å². The lowest BCUT2D eigenvalue weighted by Crippen LogP contribution is -2.53. The van der Waals surface area contributed by atoms with Gasteiger partial charge in [0.2, 0.25) is 5.78 Å². The lowest BCUT2D eigenvalue weighted by molar-refractivity contribution is -0.248. The predicted molar refractivity (Wildman–Crippen MR) is 137 cm³/mol. The summed E-state index contributed by atoms with van der Waals surface area (Å²) in [5.41, 5.74) is 3.37. The van der Waals surface area contributed by atoms with Crippen LogP contribution >= 0.6 is 0 Å². The number of carbonyl (C=O) groups is 3. The van der Waals surface area contributed by atoms with Gasteiger partial charge >= 0.3 is 0 Å². The van der Waals surface area contributed by atoms with Gasteiger partial charge in [0.25, 0.3) is 0 Å². The van der Waals surface area contributed by atoms with Crippen molar-refractivity contribution < 1.29 is 53.8 Å². The standard InChI is InChI=1S/C28H31NO11/c1-11-23(32)14(29)7-18(39-11)40-16-9-28(38-3,17(31)10-30)8-13-20(16)27(36)22-21(25(13)34)24(33)12-5-4-6-15(37-2)19(12)26(22)35/h4-6,11,14,16,18,23,30,32,34,36H,7-10,29H2,1-3H3/t11-,14-,16-,18-,23+,28-/m0/s1. The first-order valence-electron chi connectivity index (χ1n) is 12.8. The van der Waals surface area contributed by atoms with Crippen LogP contribution < -0.4 is 10.5 Å². The average molecular weight is 558 g/mol. The highest BCUT2D eigenvalue weighted by atomic mass is 16.7. The molecule has 1 saturated heterocycles. The molecule has 2 aromatic carbocycles. The molecule has 0 spiro atoms. The molecular weight excluding hydrogens is 526 g/mol. The highest BCUT2D eigenvalue weighted by Crippen LogP contribution is 2.53. The molecular formula is C28H31NO11. The third kappa shape index (κ3) is 4.10. The molecule has 214 valence electrons. The summed E-state index contributed by atoms with van der Waals surface area (Å²) in [5.74, 6) is -3.26. The molecule has 12 heteroatoms. The van der Waals surface area contributed by atoms with Crippen molar-refractivity contribution in [3.05, 3.63) is 51.6 Å². The van der Waals surface area contributed by atoms with E-state index in [2.05, 4.69) is 0 Å². The first-order chi connectivity index (χ1) is 19.0. The molecule has 0 aromatic heterocycles. The van der Waals surface area contributed by atoms with Crippen LogP contribution in [0.1, 0.15) is 68.8 Å². The number of hydrogen-bond donors (Lipinski definition) is 5. The van der Waals surface area contributed by atoms with Crippen molar-refractivity contribution in [2.75, 3.05) is 20.8 Å². The fraction of sp³-hybridized carbons (Fsp3) is 0.464. The van der Waals surface area contributed by atoms with Crippen LogP contribution in [0.15, 0.2) is 18.2 Å². The summed E-state index contributed by atoms with van der Waals surface area (Å²) in [6.45, 7) is 0.727. The summed E-state index contributed by atoms with van der Waals surface area (Å²) < 4.78 is 22.8. The molecule has 6 atom stereocenters. The first-order valence-corrected chi connectivity index (χ1v) is 12.8. The molecule has 6 N–H and O–H groups in total. The maximum atomic E-state index is 13.7.